The molecule has 0 unspecified atom stereocenters. The van der Waals surface area contributed by atoms with Gasteiger partial charge in [-0.3, -0.25) is 0 Å². The number of nitrogens with one attached hydrogen (secondary N) is 1. The van der Waals surface area contributed by atoms with Crippen LogP contribution in [0.1, 0.15) is 33.6 Å². The van der Waals surface area contributed by atoms with Gasteiger partial charge in [0.1, 0.15) is 23.6 Å². The highest BCUT2D eigenvalue weighted by atomic mass is 35.5. The standard InChI is InChI=1S/C22H29ClFN5O2/c1-22(2,3)31-21(30)29-10-8-15(9-11-29)13-28(4)19-12-18(25-14-26-19)27-17-7-5-6-16(23)20(17)24/h5-7,12,14-15H,8-11,13H2,1-4H3,(H,25,26,27). The molecular weight excluding hydrogens is 421 g/mol. The summed E-state index contributed by atoms with van der Waals surface area (Å²) < 4.78 is 19.6. The number of hydrogen-bond donors (Lipinski definition) is 1. The van der Waals surface area contributed by atoms with Gasteiger partial charge in [0, 0.05) is 32.7 Å². The summed E-state index contributed by atoms with van der Waals surface area (Å²) in [6.45, 7) is 7.77. The van der Waals surface area contributed by atoms with Crippen molar-refractivity contribution in [2.24, 2.45) is 5.92 Å². The van der Waals surface area contributed by atoms with Crippen molar-refractivity contribution in [1.29, 1.82) is 0 Å². The summed E-state index contributed by atoms with van der Waals surface area (Å²) in [6, 6.07) is 6.54. The predicted molar refractivity (Wildman–Crippen MR) is 121 cm³/mol. The Labute approximate surface area is 187 Å². The van der Waals surface area contributed by atoms with Crippen LogP contribution in [0.5, 0.6) is 0 Å². The molecule has 0 bridgehead atoms. The number of rotatable bonds is 5. The molecule has 1 saturated heterocycles. The van der Waals surface area contributed by atoms with Crippen LogP contribution in [0.2, 0.25) is 5.02 Å². The summed E-state index contributed by atoms with van der Waals surface area (Å²) in [5, 5.41) is 3.00. The summed E-state index contributed by atoms with van der Waals surface area (Å²) in [6.07, 6.45) is 2.99. The Bertz CT molecular complexity index is 913. The lowest BCUT2D eigenvalue weighted by atomic mass is 9.96. The van der Waals surface area contributed by atoms with Gasteiger partial charge < -0.3 is 19.9 Å². The zero-order chi connectivity index (χ0) is 22.6. The van der Waals surface area contributed by atoms with E-state index in [1.54, 1.807) is 23.1 Å². The topological polar surface area (TPSA) is 70.6 Å². The molecule has 2 heterocycles. The molecule has 0 saturated carbocycles. The largest absolute Gasteiger partial charge is 0.444 e. The van der Waals surface area contributed by atoms with E-state index in [9.17, 15) is 9.18 Å². The first kappa shape index (κ1) is 23.1. The molecule has 1 N–H and O–H groups in total. The number of halogens is 2. The van der Waals surface area contributed by atoms with Crippen molar-refractivity contribution in [1.82, 2.24) is 14.9 Å². The molecule has 9 heteroatoms. The van der Waals surface area contributed by atoms with Crippen LogP contribution in [0.15, 0.2) is 30.6 Å². The SMILES string of the molecule is CN(CC1CCN(C(=O)OC(C)(C)C)CC1)c1cc(Nc2cccc(Cl)c2F)ncn1. The first-order valence-corrected chi connectivity index (χ1v) is 10.7. The number of likely N-dealkylation sites (tertiary alicyclic amines) is 1. The first-order chi connectivity index (χ1) is 14.6. The molecule has 1 aliphatic rings. The number of anilines is 3. The lowest BCUT2D eigenvalue weighted by molar-refractivity contribution is 0.0186. The second-order valence-corrected chi connectivity index (χ2v) is 9.19. The van der Waals surface area contributed by atoms with Gasteiger partial charge in [-0.15, -0.1) is 0 Å². The maximum atomic E-state index is 14.1. The Morgan fingerprint density at radius 2 is 2.03 bits per heavy atom. The normalized spacial score (nSPS) is 15.0. The van der Waals surface area contributed by atoms with Crippen LogP contribution in [-0.2, 0) is 4.74 Å². The third-order valence-corrected chi connectivity index (χ3v) is 5.35. The fraction of sp³-hybridized carbons (Fsp3) is 0.500. The number of hydrogen-bond acceptors (Lipinski definition) is 6. The molecule has 31 heavy (non-hydrogen) atoms. The number of amides is 1. The van der Waals surface area contributed by atoms with E-state index in [2.05, 4.69) is 20.2 Å². The first-order valence-electron chi connectivity index (χ1n) is 10.3. The molecule has 0 aliphatic carbocycles. The molecule has 3 rings (SSSR count). The van der Waals surface area contributed by atoms with Crippen LogP contribution < -0.4 is 10.2 Å². The Kier molecular flexibility index (Phi) is 7.20. The third-order valence-electron chi connectivity index (χ3n) is 5.06. The van der Waals surface area contributed by atoms with Gasteiger partial charge in [0.05, 0.1) is 10.7 Å². The molecule has 2 aromatic rings. The molecule has 0 atom stereocenters. The Morgan fingerprint density at radius 3 is 2.71 bits per heavy atom. The van der Waals surface area contributed by atoms with Gasteiger partial charge in [0.15, 0.2) is 5.82 Å². The van der Waals surface area contributed by atoms with E-state index in [4.69, 9.17) is 16.3 Å². The van der Waals surface area contributed by atoms with Crippen LogP contribution in [0, 0.1) is 11.7 Å². The van der Waals surface area contributed by atoms with Gasteiger partial charge in [-0.1, -0.05) is 17.7 Å². The van der Waals surface area contributed by atoms with Crippen molar-refractivity contribution in [3.05, 3.63) is 41.4 Å². The van der Waals surface area contributed by atoms with Crippen LogP contribution in [0.25, 0.3) is 0 Å². The number of carbonyl (C=O) groups excluding carboxylic acids is 1. The van der Waals surface area contributed by atoms with Crippen LogP contribution in [0.3, 0.4) is 0 Å². The van der Waals surface area contributed by atoms with E-state index in [0.717, 1.165) is 25.2 Å². The number of aromatic nitrogens is 2. The lowest BCUT2D eigenvalue weighted by Gasteiger charge is -2.35. The highest BCUT2D eigenvalue weighted by Gasteiger charge is 2.27. The molecule has 0 radical (unpaired) electrons. The van der Waals surface area contributed by atoms with Crippen molar-refractivity contribution < 1.29 is 13.9 Å². The van der Waals surface area contributed by atoms with Gasteiger partial charge in [-0.05, 0) is 51.7 Å². The van der Waals surface area contributed by atoms with E-state index in [0.29, 0.717) is 24.8 Å². The van der Waals surface area contributed by atoms with Gasteiger partial charge in [0.2, 0.25) is 0 Å². The fourth-order valence-electron chi connectivity index (χ4n) is 3.47. The smallest absolute Gasteiger partial charge is 0.410 e. The van der Waals surface area contributed by atoms with Crippen molar-refractivity contribution >= 4 is 35.0 Å². The Morgan fingerprint density at radius 1 is 1.32 bits per heavy atom. The highest BCUT2D eigenvalue weighted by Crippen LogP contribution is 2.26. The molecule has 1 aromatic carbocycles. The van der Waals surface area contributed by atoms with E-state index >= 15 is 0 Å². The zero-order valence-corrected chi connectivity index (χ0v) is 19.1. The minimum Gasteiger partial charge on any atom is -0.444 e. The molecule has 1 fully saturated rings. The molecule has 1 aromatic heterocycles. The van der Waals surface area contributed by atoms with Gasteiger partial charge >= 0.3 is 6.09 Å². The molecular formula is C22H29ClFN5O2. The van der Waals surface area contributed by atoms with Crippen molar-refractivity contribution in [3.8, 4) is 0 Å². The number of carbonyl (C=O) groups is 1. The van der Waals surface area contributed by atoms with Crippen molar-refractivity contribution in [2.75, 3.05) is 36.9 Å². The summed E-state index contributed by atoms with van der Waals surface area (Å²) in [4.78, 5) is 24.6. The monoisotopic (exact) mass is 449 g/mol. The van der Waals surface area contributed by atoms with E-state index < -0.39 is 11.4 Å². The van der Waals surface area contributed by atoms with Crippen molar-refractivity contribution in [2.45, 2.75) is 39.2 Å². The van der Waals surface area contributed by atoms with E-state index in [1.807, 2.05) is 27.8 Å². The lowest BCUT2D eigenvalue weighted by Crippen LogP contribution is -2.43. The maximum Gasteiger partial charge on any atom is 0.410 e. The number of nitrogens with zero attached hydrogens (tertiary/aromatic N) is 4. The number of benzene rings is 1. The second kappa shape index (κ2) is 9.68. The highest BCUT2D eigenvalue weighted by molar-refractivity contribution is 6.31. The van der Waals surface area contributed by atoms with Crippen molar-refractivity contribution in [3.63, 3.8) is 0 Å². The minimum absolute atomic E-state index is 0.0501. The third kappa shape index (κ3) is 6.43. The van der Waals surface area contributed by atoms with Gasteiger partial charge in [-0.25, -0.2) is 19.2 Å². The molecule has 168 valence electrons. The zero-order valence-electron chi connectivity index (χ0n) is 18.4. The quantitative estimate of drug-likeness (QED) is 0.685. The number of piperidine rings is 1. The maximum absolute atomic E-state index is 14.1. The minimum atomic E-state index is -0.519. The van der Waals surface area contributed by atoms with Gasteiger partial charge in [-0.2, -0.15) is 0 Å². The average molecular weight is 450 g/mol. The molecule has 1 amide bonds. The van der Waals surface area contributed by atoms with Crippen LogP contribution in [0.4, 0.5) is 26.5 Å². The average Bonchev–Trinajstić information content (AvgIpc) is 2.71. The number of ether oxygens (including phenoxy) is 1. The van der Waals surface area contributed by atoms with E-state index in [1.165, 1.54) is 12.4 Å². The summed E-state index contributed by atoms with van der Waals surface area (Å²) >= 11 is 5.84. The predicted octanol–water partition coefficient (Wildman–Crippen LogP) is 5.10. The van der Waals surface area contributed by atoms with Gasteiger partial charge in [0.25, 0.3) is 0 Å². The summed E-state index contributed by atoms with van der Waals surface area (Å²) in [5.74, 6) is 1.13. The van der Waals surface area contributed by atoms with Crippen LogP contribution in [-0.4, -0.2) is 53.2 Å². The fourth-order valence-corrected chi connectivity index (χ4v) is 3.64. The molecule has 1 aliphatic heterocycles. The molecule has 0 spiro atoms. The van der Waals surface area contributed by atoms with E-state index in [-0.39, 0.29) is 16.8 Å². The summed E-state index contributed by atoms with van der Waals surface area (Å²) in [7, 11) is 1.96. The second-order valence-electron chi connectivity index (χ2n) is 8.78. The molecule has 7 nitrogen and oxygen atoms in total. The summed E-state index contributed by atoms with van der Waals surface area (Å²) in [5.41, 5.74) is -0.227. The Hall–Kier alpha value is -2.61. The Balaban J connectivity index is 1.56. The van der Waals surface area contributed by atoms with Crippen LogP contribution >= 0.6 is 11.6 Å².